The molecule has 8 nitrogen and oxygen atoms in total. The fourth-order valence-electron chi connectivity index (χ4n) is 1.79. The Morgan fingerprint density at radius 2 is 2.09 bits per heavy atom. The summed E-state index contributed by atoms with van der Waals surface area (Å²) in [6, 6.07) is 3.87. The fraction of sp³-hybridized carbons (Fsp3) is 0.462. The summed E-state index contributed by atoms with van der Waals surface area (Å²) >= 11 is 1.44. The minimum absolute atomic E-state index is 0.113. The van der Waals surface area contributed by atoms with Gasteiger partial charge in [0, 0.05) is 6.07 Å². The van der Waals surface area contributed by atoms with Crippen LogP contribution in [0.5, 0.6) is 0 Å². The van der Waals surface area contributed by atoms with Crippen LogP contribution in [0.3, 0.4) is 0 Å². The number of carbonyl (C=O) groups is 1. The van der Waals surface area contributed by atoms with Gasteiger partial charge in [0.1, 0.15) is 6.04 Å². The average molecular weight is 362 g/mol. The van der Waals surface area contributed by atoms with Gasteiger partial charge in [-0.3, -0.25) is 14.9 Å². The van der Waals surface area contributed by atoms with E-state index in [-0.39, 0.29) is 13.0 Å². The maximum absolute atomic E-state index is 12.4. The van der Waals surface area contributed by atoms with Crippen LogP contribution in [0.1, 0.15) is 13.3 Å². The highest BCUT2D eigenvalue weighted by Crippen LogP contribution is 2.23. The summed E-state index contributed by atoms with van der Waals surface area (Å²) in [6.45, 7) is 1.72. The number of nitro benzene ring substituents is 1. The number of nitro groups is 1. The predicted molar refractivity (Wildman–Crippen MR) is 86.8 cm³/mol. The summed E-state index contributed by atoms with van der Waals surface area (Å²) in [7, 11) is -4.23. The molecule has 0 bridgehead atoms. The Kier molecular flexibility index (Phi) is 7.46. The van der Waals surface area contributed by atoms with Crippen LogP contribution in [-0.2, 0) is 19.6 Å². The van der Waals surface area contributed by atoms with E-state index >= 15 is 0 Å². The van der Waals surface area contributed by atoms with Crippen LogP contribution in [0, 0.1) is 10.1 Å². The van der Waals surface area contributed by atoms with Crippen molar-refractivity contribution in [3.8, 4) is 0 Å². The van der Waals surface area contributed by atoms with Crippen molar-refractivity contribution in [1.29, 1.82) is 0 Å². The third-order valence-electron chi connectivity index (χ3n) is 2.83. The summed E-state index contributed by atoms with van der Waals surface area (Å²) < 4.78 is 31.9. The van der Waals surface area contributed by atoms with Gasteiger partial charge in [-0.05, 0) is 31.4 Å². The molecule has 0 saturated carbocycles. The molecule has 0 aliphatic rings. The highest BCUT2D eigenvalue weighted by molar-refractivity contribution is 7.98. The predicted octanol–water partition coefficient (Wildman–Crippen LogP) is 1.56. The van der Waals surface area contributed by atoms with Crippen LogP contribution < -0.4 is 4.72 Å². The van der Waals surface area contributed by atoms with Crippen LogP contribution >= 0.6 is 11.8 Å². The first kappa shape index (κ1) is 19.4. The zero-order valence-electron chi connectivity index (χ0n) is 12.7. The van der Waals surface area contributed by atoms with Gasteiger partial charge in [0.15, 0.2) is 4.90 Å². The van der Waals surface area contributed by atoms with Crippen molar-refractivity contribution in [1.82, 2.24) is 4.72 Å². The van der Waals surface area contributed by atoms with E-state index in [2.05, 4.69) is 4.72 Å². The number of ether oxygens (including phenoxy) is 1. The van der Waals surface area contributed by atoms with Gasteiger partial charge >= 0.3 is 5.97 Å². The summed E-state index contributed by atoms with van der Waals surface area (Å²) in [5.41, 5.74) is -0.549. The number of sulfonamides is 1. The van der Waals surface area contributed by atoms with Crippen LogP contribution in [0.15, 0.2) is 29.2 Å². The van der Waals surface area contributed by atoms with Gasteiger partial charge in [0.25, 0.3) is 5.69 Å². The molecule has 10 heteroatoms. The lowest BCUT2D eigenvalue weighted by molar-refractivity contribution is -0.387. The first-order valence-electron chi connectivity index (χ1n) is 6.74. The number of para-hydroxylation sites is 1. The maximum atomic E-state index is 12.4. The molecule has 0 aliphatic heterocycles. The lowest BCUT2D eigenvalue weighted by Crippen LogP contribution is -2.42. The number of rotatable bonds is 9. The van der Waals surface area contributed by atoms with E-state index in [0.717, 1.165) is 12.1 Å². The van der Waals surface area contributed by atoms with Crippen molar-refractivity contribution in [2.75, 3.05) is 18.6 Å². The van der Waals surface area contributed by atoms with Crippen molar-refractivity contribution in [3.63, 3.8) is 0 Å². The summed E-state index contributed by atoms with van der Waals surface area (Å²) in [6.07, 6.45) is 2.04. The number of hydrogen-bond acceptors (Lipinski definition) is 7. The number of nitrogens with one attached hydrogen (secondary N) is 1. The van der Waals surface area contributed by atoms with E-state index in [9.17, 15) is 23.3 Å². The number of benzene rings is 1. The quantitative estimate of drug-likeness (QED) is 0.402. The molecule has 128 valence electrons. The SMILES string of the molecule is CCOC(=O)[C@H](CCSC)NS(=O)(=O)c1ccccc1[N+](=O)[O-]. The third-order valence-corrected chi connectivity index (χ3v) is 4.99. The normalized spacial score (nSPS) is 12.6. The molecule has 0 amide bonds. The van der Waals surface area contributed by atoms with Gasteiger partial charge in [0.05, 0.1) is 11.5 Å². The largest absolute Gasteiger partial charge is 0.465 e. The maximum Gasteiger partial charge on any atom is 0.324 e. The molecule has 1 aromatic rings. The molecule has 1 atom stereocenters. The van der Waals surface area contributed by atoms with Gasteiger partial charge in [-0.2, -0.15) is 16.5 Å². The van der Waals surface area contributed by atoms with E-state index in [1.807, 2.05) is 6.26 Å². The second-order valence-electron chi connectivity index (χ2n) is 4.43. The zero-order chi connectivity index (χ0) is 17.5. The van der Waals surface area contributed by atoms with Gasteiger partial charge in [-0.25, -0.2) is 8.42 Å². The van der Waals surface area contributed by atoms with E-state index in [4.69, 9.17) is 4.74 Å². The van der Waals surface area contributed by atoms with E-state index in [1.165, 1.54) is 23.9 Å². The Hall–Kier alpha value is -1.65. The van der Waals surface area contributed by atoms with Crippen molar-refractivity contribution < 1.29 is 22.9 Å². The lowest BCUT2D eigenvalue weighted by Gasteiger charge is -2.17. The third kappa shape index (κ3) is 5.48. The number of esters is 1. The smallest absolute Gasteiger partial charge is 0.324 e. The molecule has 1 aromatic carbocycles. The van der Waals surface area contributed by atoms with E-state index < -0.39 is 37.5 Å². The molecule has 0 heterocycles. The van der Waals surface area contributed by atoms with Gasteiger partial charge < -0.3 is 4.74 Å². The molecule has 0 radical (unpaired) electrons. The first-order chi connectivity index (χ1) is 10.8. The molecule has 0 fully saturated rings. The van der Waals surface area contributed by atoms with Crippen LogP contribution in [0.25, 0.3) is 0 Å². The number of thioether (sulfide) groups is 1. The first-order valence-corrected chi connectivity index (χ1v) is 9.62. The monoisotopic (exact) mass is 362 g/mol. The van der Waals surface area contributed by atoms with Gasteiger partial charge in [-0.1, -0.05) is 12.1 Å². The highest BCUT2D eigenvalue weighted by Gasteiger charge is 2.31. The molecule has 0 saturated heterocycles. The van der Waals surface area contributed by atoms with E-state index in [1.54, 1.807) is 6.92 Å². The minimum atomic E-state index is -4.23. The number of nitrogens with zero attached hydrogens (tertiary/aromatic N) is 1. The summed E-state index contributed by atoms with van der Waals surface area (Å²) in [5, 5.41) is 11.0. The molecular weight excluding hydrogens is 344 g/mol. The molecule has 0 spiro atoms. The van der Waals surface area contributed by atoms with Gasteiger partial charge in [-0.15, -0.1) is 0 Å². The van der Waals surface area contributed by atoms with E-state index in [0.29, 0.717) is 5.75 Å². The second kappa shape index (κ2) is 8.85. The Morgan fingerprint density at radius 3 is 2.65 bits per heavy atom. The minimum Gasteiger partial charge on any atom is -0.465 e. The number of hydrogen-bond donors (Lipinski definition) is 1. The Morgan fingerprint density at radius 1 is 1.43 bits per heavy atom. The van der Waals surface area contributed by atoms with Crippen molar-refractivity contribution in [2.45, 2.75) is 24.3 Å². The average Bonchev–Trinajstić information content (AvgIpc) is 2.51. The van der Waals surface area contributed by atoms with Crippen LogP contribution in [0.2, 0.25) is 0 Å². The Bertz CT molecular complexity index is 662. The molecule has 1 rings (SSSR count). The Balaban J connectivity index is 3.10. The number of carbonyl (C=O) groups excluding carboxylic acids is 1. The molecule has 23 heavy (non-hydrogen) atoms. The zero-order valence-corrected chi connectivity index (χ0v) is 14.4. The highest BCUT2D eigenvalue weighted by atomic mass is 32.2. The molecule has 0 aromatic heterocycles. The molecule has 0 aliphatic carbocycles. The van der Waals surface area contributed by atoms with Gasteiger partial charge in [0.2, 0.25) is 10.0 Å². The van der Waals surface area contributed by atoms with Crippen molar-refractivity contribution >= 4 is 33.4 Å². The second-order valence-corrected chi connectivity index (χ2v) is 7.10. The van der Waals surface area contributed by atoms with Crippen LogP contribution in [-0.4, -0.2) is 44.0 Å². The lowest BCUT2D eigenvalue weighted by atomic mass is 10.2. The molecular formula is C13H18N2O6S2. The molecule has 0 unspecified atom stereocenters. The summed E-state index contributed by atoms with van der Waals surface area (Å²) in [5.74, 6) is -0.174. The molecule has 1 N–H and O–H groups in total. The van der Waals surface area contributed by atoms with Crippen LogP contribution in [0.4, 0.5) is 5.69 Å². The van der Waals surface area contributed by atoms with Crippen molar-refractivity contribution in [3.05, 3.63) is 34.4 Å². The topological polar surface area (TPSA) is 116 Å². The standard InChI is InChI=1S/C13H18N2O6S2/c1-3-21-13(16)10(8-9-22-2)14-23(19,20)12-7-5-4-6-11(12)15(17)18/h4-7,10,14H,3,8-9H2,1-2H3/t10-/m0/s1. The summed E-state index contributed by atoms with van der Waals surface area (Å²) in [4.78, 5) is 21.6. The van der Waals surface area contributed by atoms with Crippen molar-refractivity contribution in [2.24, 2.45) is 0 Å². The fourth-order valence-corrected chi connectivity index (χ4v) is 3.65. The Labute approximate surface area is 138 Å².